The summed E-state index contributed by atoms with van der Waals surface area (Å²) < 4.78 is 5.82. The molecule has 1 saturated carbocycles. The zero-order valence-corrected chi connectivity index (χ0v) is 13.0. The van der Waals surface area contributed by atoms with Gasteiger partial charge in [0, 0.05) is 18.7 Å². The lowest BCUT2D eigenvalue weighted by Gasteiger charge is -2.21. The number of nitrogens with two attached hydrogens (primary N) is 1. The number of benzene rings is 1. The van der Waals surface area contributed by atoms with Gasteiger partial charge >= 0.3 is 0 Å². The largest absolute Gasteiger partial charge is 0.492 e. The molecule has 0 amide bonds. The highest BCUT2D eigenvalue weighted by molar-refractivity contribution is 7.80. The second-order valence-electron chi connectivity index (χ2n) is 5.48. The Bertz CT molecular complexity index is 446. The first kappa shape index (κ1) is 15.3. The number of hydrogen-bond acceptors (Lipinski definition) is 3. The van der Waals surface area contributed by atoms with Gasteiger partial charge in [0.25, 0.3) is 0 Å². The predicted molar refractivity (Wildman–Crippen MR) is 87.3 cm³/mol. The van der Waals surface area contributed by atoms with Gasteiger partial charge < -0.3 is 10.5 Å². The van der Waals surface area contributed by atoms with Crippen molar-refractivity contribution in [1.29, 1.82) is 0 Å². The Hall–Kier alpha value is -1.13. The number of hydrogen-bond donors (Lipinski definition) is 1. The van der Waals surface area contributed by atoms with Crippen LogP contribution in [0.5, 0.6) is 5.75 Å². The van der Waals surface area contributed by atoms with Crippen LogP contribution in [0.15, 0.2) is 24.3 Å². The standard InChI is InChI=1S/C16H24N2OS/c1-2-8-18(12-13-6-7-13)9-10-19-15-5-3-4-14(11-15)16(17)20/h3-5,11,13H,2,6-10,12H2,1H3,(H2,17,20). The summed E-state index contributed by atoms with van der Waals surface area (Å²) in [6.45, 7) is 6.32. The van der Waals surface area contributed by atoms with Crippen molar-refractivity contribution < 1.29 is 4.74 Å². The maximum atomic E-state index is 5.82. The smallest absolute Gasteiger partial charge is 0.120 e. The first-order chi connectivity index (χ1) is 9.69. The molecule has 110 valence electrons. The van der Waals surface area contributed by atoms with Crippen molar-refractivity contribution in [3.05, 3.63) is 29.8 Å². The zero-order chi connectivity index (χ0) is 14.4. The van der Waals surface area contributed by atoms with Gasteiger partial charge in [0.05, 0.1) is 0 Å². The first-order valence-corrected chi connectivity index (χ1v) is 7.85. The van der Waals surface area contributed by atoms with Crippen LogP contribution in [0.3, 0.4) is 0 Å². The fourth-order valence-electron chi connectivity index (χ4n) is 2.31. The van der Waals surface area contributed by atoms with Crippen molar-refractivity contribution in [2.24, 2.45) is 11.7 Å². The van der Waals surface area contributed by atoms with E-state index in [2.05, 4.69) is 11.8 Å². The van der Waals surface area contributed by atoms with Crippen molar-refractivity contribution >= 4 is 17.2 Å². The summed E-state index contributed by atoms with van der Waals surface area (Å²) in [5, 5.41) is 0. The number of rotatable bonds is 9. The topological polar surface area (TPSA) is 38.5 Å². The van der Waals surface area contributed by atoms with Crippen LogP contribution in [0.2, 0.25) is 0 Å². The van der Waals surface area contributed by atoms with Crippen LogP contribution in [-0.2, 0) is 0 Å². The van der Waals surface area contributed by atoms with Crippen molar-refractivity contribution in [2.75, 3.05) is 26.2 Å². The average molecular weight is 292 g/mol. The third kappa shape index (κ3) is 5.10. The Morgan fingerprint density at radius 2 is 2.20 bits per heavy atom. The van der Waals surface area contributed by atoms with E-state index in [9.17, 15) is 0 Å². The third-order valence-corrected chi connectivity index (χ3v) is 3.78. The molecule has 1 aliphatic carbocycles. The van der Waals surface area contributed by atoms with Gasteiger partial charge in [-0.2, -0.15) is 0 Å². The second-order valence-corrected chi connectivity index (χ2v) is 5.92. The Morgan fingerprint density at radius 3 is 2.85 bits per heavy atom. The highest BCUT2D eigenvalue weighted by atomic mass is 32.1. The van der Waals surface area contributed by atoms with Crippen LogP contribution in [0.4, 0.5) is 0 Å². The fourth-order valence-corrected chi connectivity index (χ4v) is 2.43. The molecule has 0 bridgehead atoms. The second kappa shape index (κ2) is 7.60. The van der Waals surface area contributed by atoms with Crippen LogP contribution < -0.4 is 10.5 Å². The van der Waals surface area contributed by atoms with Crippen molar-refractivity contribution in [2.45, 2.75) is 26.2 Å². The summed E-state index contributed by atoms with van der Waals surface area (Å²) in [5.74, 6) is 1.78. The molecule has 1 aliphatic rings. The summed E-state index contributed by atoms with van der Waals surface area (Å²) in [7, 11) is 0. The Balaban J connectivity index is 1.78. The van der Waals surface area contributed by atoms with E-state index in [1.807, 2.05) is 24.3 Å². The lowest BCUT2D eigenvalue weighted by atomic mass is 10.2. The predicted octanol–water partition coefficient (Wildman–Crippen LogP) is 2.82. The van der Waals surface area contributed by atoms with Gasteiger partial charge in [0.1, 0.15) is 17.3 Å². The molecule has 0 saturated heterocycles. The van der Waals surface area contributed by atoms with E-state index < -0.39 is 0 Å². The fraction of sp³-hybridized carbons (Fsp3) is 0.562. The molecule has 1 aromatic carbocycles. The molecule has 0 unspecified atom stereocenters. The van der Waals surface area contributed by atoms with Gasteiger partial charge in [-0.1, -0.05) is 31.3 Å². The van der Waals surface area contributed by atoms with Crippen LogP contribution in [0, 0.1) is 5.92 Å². The summed E-state index contributed by atoms with van der Waals surface area (Å²) in [5.41, 5.74) is 6.49. The minimum atomic E-state index is 0.414. The molecular weight excluding hydrogens is 268 g/mol. The van der Waals surface area contributed by atoms with Gasteiger partial charge in [-0.15, -0.1) is 0 Å². The van der Waals surface area contributed by atoms with Crippen molar-refractivity contribution in [3.8, 4) is 5.75 Å². The van der Waals surface area contributed by atoms with Crippen molar-refractivity contribution in [3.63, 3.8) is 0 Å². The van der Waals surface area contributed by atoms with Gasteiger partial charge in [-0.25, -0.2) is 0 Å². The molecule has 2 N–H and O–H groups in total. The molecule has 2 rings (SSSR count). The molecule has 0 radical (unpaired) electrons. The molecule has 1 aromatic rings. The van der Waals surface area contributed by atoms with Crippen LogP contribution >= 0.6 is 12.2 Å². The molecule has 4 heteroatoms. The van der Waals surface area contributed by atoms with Gasteiger partial charge in [0.2, 0.25) is 0 Å². The van der Waals surface area contributed by atoms with Crippen LogP contribution in [0.1, 0.15) is 31.7 Å². The normalized spacial score (nSPS) is 14.5. The lowest BCUT2D eigenvalue weighted by Crippen LogP contribution is -2.31. The molecule has 0 atom stereocenters. The first-order valence-electron chi connectivity index (χ1n) is 7.44. The monoisotopic (exact) mass is 292 g/mol. The SMILES string of the molecule is CCCN(CCOc1cccc(C(N)=S)c1)CC1CC1. The quantitative estimate of drug-likeness (QED) is 0.710. The van der Waals surface area contributed by atoms with Crippen LogP contribution in [-0.4, -0.2) is 36.1 Å². The Kier molecular flexibility index (Phi) is 5.80. The average Bonchev–Trinajstić information content (AvgIpc) is 3.23. The van der Waals surface area contributed by atoms with E-state index in [4.69, 9.17) is 22.7 Å². The molecule has 0 aliphatic heterocycles. The molecule has 3 nitrogen and oxygen atoms in total. The van der Waals surface area contributed by atoms with E-state index >= 15 is 0 Å². The molecular formula is C16H24N2OS. The number of ether oxygens (including phenoxy) is 1. The minimum absolute atomic E-state index is 0.414. The zero-order valence-electron chi connectivity index (χ0n) is 12.2. The Morgan fingerprint density at radius 1 is 1.40 bits per heavy atom. The van der Waals surface area contributed by atoms with Gasteiger partial charge in [0.15, 0.2) is 0 Å². The highest BCUT2D eigenvalue weighted by Gasteiger charge is 2.23. The Labute approximate surface area is 127 Å². The molecule has 0 heterocycles. The number of nitrogens with zero attached hydrogens (tertiary/aromatic N) is 1. The molecule has 0 aromatic heterocycles. The van der Waals surface area contributed by atoms with Gasteiger partial charge in [-0.3, -0.25) is 4.90 Å². The van der Waals surface area contributed by atoms with Gasteiger partial charge in [-0.05, 0) is 43.9 Å². The van der Waals surface area contributed by atoms with E-state index in [0.29, 0.717) is 11.6 Å². The highest BCUT2D eigenvalue weighted by Crippen LogP contribution is 2.29. The summed E-state index contributed by atoms with van der Waals surface area (Å²) in [6.07, 6.45) is 4.00. The summed E-state index contributed by atoms with van der Waals surface area (Å²) >= 11 is 4.98. The minimum Gasteiger partial charge on any atom is -0.492 e. The summed E-state index contributed by atoms with van der Waals surface area (Å²) in [4.78, 5) is 2.92. The summed E-state index contributed by atoms with van der Waals surface area (Å²) in [6, 6.07) is 7.70. The van der Waals surface area contributed by atoms with Crippen LogP contribution in [0.25, 0.3) is 0 Å². The number of thiocarbonyl (C=S) groups is 1. The maximum absolute atomic E-state index is 5.82. The lowest BCUT2D eigenvalue weighted by molar-refractivity contribution is 0.203. The van der Waals surface area contributed by atoms with E-state index in [1.54, 1.807) is 0 Å². The van der Waals surface area contributed by atoms with E-state index in [1.165, 1.54) is 25.8 Å². The molecule has 20 heavy (non-hydrogen) atoms. The molecule has 1 fully saturated rings. The molecule has 0 spiro atoms. The third-order valence-electron chi connectivity index (χ3n) is 3.55. The van der Waals surface area contributed by atoms with Crippen molar-refractivity contribution in [1.82, 2.24) is 4.90 Å². The maximum Gasteiger partial charge on any atom is 0.120 e. The van der Waals surface area contributed by atoms with E-state index in [-0.39, 0.29) is 0 Å². The van der Waals surface area contributed by atoms with E-state index in [0.717, 1.165) is 30.3 Å².